The highest BCUT2D eigenvalue weighted by Gasteiger charge is 2.38. The summed E-state index contributed by atoms with van der Waals surface area (Å²) in [5, 5.41) is 14.4. The smallest absolute Gasteiger partial charge is 0.415 e. The summed E-state index contributed by atoms with van der Waals surface area (Å²) < 4.78 is 41.7. The van der Waals surface area contributed by atoms with E-state index in [4.69, 9.17) is 9.84 Å². The molecule has 0 aromatic heterocycles. The molecule has 1 fully saturated rings. The molecule has 1 aliphatic rings. The molecular weight excluding hydrogens is 301 g/mol. The first-order valence-corrected chi connectivity index (χ1v) is 7.45. The topological polar surface area (TPSA) is 70.6 Å². The fourth-order valence-corrected chi connectivity index (χ4v) is 2.31. The number of hydrogen-bond donors (Lipinski definition) is 3. The predicted octanol–water partition coefficient (Wildman–Crippen LogP) is 2.34. The molecule has 1 atom stereocenters. The molecule has 0 saturated heterocycles. The lowest BCUT2D eigenvalue weighted by Crippen LogP contribution is -2.46. The number of alkyl halides is 3. The number of nitrogens with one attached hydrogen (secondary N) is 2. The Morgan fingerprint density at radius 3 is 2.14 bits per heavy atom. The van der Waals surface area contributed by atoms with Gasteiger partial charge in [0.25, 0.3) is 0 Å². The van der Waals surface area contributed by atoms with Crippen LogP contribution in [-0.2, 0) is 4.74 Å². The van der Waals surface area contributed by atoms with E-state index in [1.165, 1.54) is 0 Å². The maximum Gasteiger partial charge on any atom is 0.415 e. The van der Waals surface area contributed by atoms with Gasteiger partial charge in [-0.2, -0.15) is 13.2 Å². The zero-order valence-corrected chi connectivity index (χ0v) is 13.2. The Balaban J connectivity index is 2.25. The normalized spacial score (nSPS) is 24.7. The molecule has 0 aromatic rings. The van der Waals surface area contributed by atoms with Gasteiger partial charge >= 0.3 is 12.3 Å². The Hall–Kier alpha value is -1.02. The van der Waals surface area contributed by atoms with Crippen molar-refractivity contribution in [3.05, 3.63) is 0 Å². The van der Waals surface area contributed by atoms with Gasteiger partial charge in [0.1, 0.15) is 5.60 Å². The fraction of sp³-hybridized carbons (Fsp3) is 0.929. The summed E-state index contributed by atoms with van der Waals surface area (Å²) >= 11 is 0. The highest BCUT2D eigenvalue weighted by Crippen LogP contribution is 2.22. The molecule has 3 N–H and O–H groups in total. The zero-order chi connectivity index (χ0) is 17.0. The van der Waals surface area contributed by atoms with Crippen molar-refractivity contribution in [3.8, 4) is 0 Å². The van der Waals surface area contributed by atoms with E-state index in [2.05, 4.69) is 10.6 Å². The van der Waals surface area contributed by atoms with E-state index < -0.39 is 30.5 Å². The molecule has 0 heterocycles. The third kappa shape index (κ3) is 7.31. The van der Waals surface area contributed by atoms with E-state index in [1.54, 1.807) is 20.8 Å². The molecule has 1 rings (SSSR count). The van der Waals surface area contributed by atoms with Gasteiger partial charge < -0.3 is 20.5 Å². The minimum atomic E-state index is -4.59. The number of ether oxygens (including phenoxy) is 1. The Morgan fingerprint density at radius 1 is 1.18 bits per heavy atom. The van der Waals surface area contributed by atoms with Crippen LogP contribution in [0.25, 0.3) is 0 Å². The van der Waals surface area contributed by atoms with Crippen LogP contribution in [0.15, 0.2) is 0 Å². The highest BCUT2D eigenvalue weighted by molar-refractivity contribution is 5.68. The average molecular weight is 326 g/mol. The monoisotopic (exact) mass is 326 g/mol. The van der Waals surface area contributed by atoms with Gasteiger partial charge in [-0.15, -0.1) is 0 Å². The number of carbonyl (C=O) groups is 1. The second-order valence-electron chi connectivity index (χ2n) is 6.66. The third-order valence-corrected chi connectivity index (χ3v) is 3.43. The van der Waals surface area contributed by atoms with Gasteiger partial charge in [-0.1, -0.05) is 0 Å². The van der Waals surface area contributed by atoms with Crippen LogP contribution in [-0.4, -0.2) is 47.7 Å². The first-order chi connectivity index (χ1) is 9.97. The number of carbonyl (C=O) groups excluding carboxylic acids is 1. The van der Waals surface area contributed by atoms with Crippen molar-refractivity contribution in [1.29, 1.82) is 0 Å². The quantitative estimate of drug-likeness (QED) is 0.741. The molecular formula is C14H25F3N2O3. The van der Waals surface area contributed by atoms with Crippen LogP contribution >= 0.6 is 0 Å². The van der Waals surface area contributed by atoms with Crippen LogP contribution in [0.3, 0.4) is 0 Å². The third-order valence-electron chi connectivity index (χ3n) is 3.43. The van der Waals surface area contributed by atoms with Crippen molar-refractivity contribution in [1.82, 2.24) is 10.6 Å². The van der Waals surface area contributed by atoms with Crippen molar-refractivity contribution >= 4 is 6.09 Å². The number of aliphatic hydroxyl groups excluding tert-OH is 1. The van der Waals surface area contributed by atoms with E-state index >= 15 is 0 Å². The first-order valence-electron chi connectivity index (χ1n) is 7.45. The molecule has 0 radical (unpaired) electrons. The fourth-order valence-electron chi connectivity index (χ4n) is 2.31. The van der Waals surface area contributed by atoms with Crippen molar-refractivity contribution < 1.29 is 27.8 Å². The van der Waals surface area contributed by atoms with Gasteiger partial charge in [0, 0.05) is 18.6 Å². The van der Waals surface area contributed by atoms with Crippen molar-refractivity contribution in [2.45, 2.75) is 76.4 Å². The Kier molecular flexibility index (Phi) is 6.49. The largest absolute Gasteiger partial charge is 0.444 e. The summed E-state index contributed by atoms with van der Waals surface area (Å²) in [6.45, 7) is 4.83. The van der Waals surface area contributed by atoms with Gasteiger partial charge in [-0.25, -0.2) is 4.79 Å². The first kappa shape index (κ1) is 19.0. The lowest BCUT2D eigenvalue weighted by Gasteiger charge is -2.31. The van der Waals surface area contributed by atoms with Crippen molar-refractivity contribution in [3.63, 3.8) is 0 Å². The number of aliphatic hydroxyl groups is 1. The molecule has 130 valence electrons. The lowest BCUT2D eigenvalue weighted by molar-refractivity contribution is -0.202. The summed E-state index contributed by atoms with van der Waals surface area (Å²) in [5.74, 6) is 0. The second-order valence-corrected chi connectivity index (χ2v) is 6.66. The lowest BCUT2D eigenvalue weighted by atomic mass is 9.91. The molecule has 0 aromatic carbocycles. The summed E-state index contributed by atoms with van der Waals surface area (Å²) in [6.07, 6.45) is -4.79. The van der Waals surface area contributed by atoms with Crippen LogP contribution in [0.5, 0.6) is 0 Å². The SMILES string of the molecule is CC(C)(C)OC(=O)NC1CCC(NCC(O)C(F)(F)F)CC1. The van der Waals surface area contributed by atoms with E-state index in [-0.39, 0.29) is 12.1 Å². The molecule has 0 spiro atoms. The molecule has 1 aliphatic carbocycles. The number of hydrogen-bond acceptors (Lipinski definition) is 4. The maximum atomic E-state index is 12.2. The maximum absolute atomic E-state index is 12.2. The van der Waals surface area contributed by atoms with Crippen LogP contribution < -0.4 is 10.6 Å². The molecule has 1 saturated carbocycles. The molecule has 1 unspecified atom stereocenters. The van der Waals surface area contributed by atoms with E-state index in [9.17, 15) is 18.0 Å². The summed E-state index contributed by atoms with van der Waals surface area (Å²) in [7, 11) is 0. The van der Waals surface area contributed by atoms with Crippen LogP contribution in [0.4, 0.5) is 18.0 Å². The van der Waals surface area contributed by atoms with Gasteiger partial charge in [0.2, 0.25) is 0 Å². The number of halogens is 3. The summed E-state index contributed by atoms with van der Waals surface area (Å²) in [4.78, 5) is 11.6. The van der Waals surface area contributed by atoms with Gasteiger partial charge in [0.15, 0.2) is 6.10 Å². The predicted molar refractivity (Wildman–Crippen MR) is 75.5 cm³/mol. The standard InChI is InChI=1S/C14H25F3N2O3/c1-13(2,3)22-12(21)19-10-6-4-9(5-7-10)18-8-11(20)14(15,16)17/h9-11,18,20H,4-8H2,1-3H3,(H,19,21). The number of amides is 1. The van der Waals surface area contributed by atoms with E-state index in [0.29, 0.717) is 25.7 Å². The minimum absolute atomic E-state index is 0.0274. The summed E-state index contributed by atoms with van der Waals surface area (Å²) in [6, 6.07) is -0.103. The second kappa shape index (κ2) is 7.50. The molecule has 8 heteroatoms. The summed E-state index contributed by atoms with van der Waals surface area (Å²) in [5.41, 5.74) is -0.559. The van der Waals surface area contributed by atoms with Crippen LogP contribution in [0.1, 0.15) is 46.5 Å². The van der Waals surface area contributed by atoms with Gasteiger partial charge in [0.05, 0.1) is 0 Å². The number of rotatable bonds is 4. The van der Waals surface area contributed by atoms with Crippen LogP contribution in [0.2, 0.25) is 0 Å². The minimum Gasteiger partial charge on any atom is -0.444 e. The van der Waals surface area contributed by atoms with E-state index in [1.807, 2.05) is 0 Å². The van der Waals surface area contributed by atoms with Crippen molar-refractivity contribution in [2.75, 3.05) is 6.54 Å². The molecule has 5 nitrogen and oxygen atoms in total. The average Bonchev–Trinajstić information content (AvgIpc) is 2.34. The number of alkyl carbamates (subject to hydrolysis) is 1. The zero-order valence-electron chi connectivity index (χ0n) is 13.2. The van der Waals surface area contributed by atoms with E-state index in [0.717, 1.165) is 0 Å². The molecule has 22 heavy (non-hydrogen) atoms. The van der Waals surface area contributed by atoms with Crippen LogP contribution in [0, 0.1) is 0 Å². The van der Waals surface area contributed by atoms with Gasteiger partial charge in [-0.3, -0.25) is 0 Å². The highest BCUT2D eigenvalue weighted by atomic mass is 19.4. The Morgan fingerprint density at radius 2 is 1.68 bits per heavy atom. The Labute approximate surface area is 128 Å². The van der Waals surface area contributed by atoms with Crippen molar-refractivity contribution in [2.24, 2.45) is 0 Å². The molecule has 1 amide bonds. The molecule has 0 aliphatic heterocycles. The van der Waals surface area contributed by atoms with Gasteiger partial charge in [-0.05, 0) is 46.5 Å². The Bertz CT molecular complexity index is 361. The molecule has 0 bridgehead atoms.